The van der Waals surface area contributed by atoms with Crippen LogP contribution in [0, 0.1) is 5.92 Å². The van der Waals surface area contributed by atoms with Crippen LogP contribution in [-0.2, 0) is 9.59 Å². The number of ketones is 1. The Morgan fingerprint density at radius 3 is 2.50 bits per heavy atom. The van der Waals surface area contributed by atoms with Crippen molar-refractivity contribution >= 4 is 12.1 Å². The van der Waals surface area contributed by atoms with E-state index < -0.39 is 0 Å². The quantitative estimate of drug-likeness (QED) is 0.432. The lowest BCUT2D eigenvalue weighted by atomic mass is 10.1. The standard InChI is InChI=1S/C8H10O2/c1-6(4-5-9)8(10)7-2-3-7/h4-5,7H,2-3H2,1H3/b6-4+. The van der Waals surface area contributed by atoms with Crippen LogP contribution in [-0.4, -0.2) is 12.1 Å². The van der Waals surface area contributed by atoms with Crippen molar-refractivity contribution < 1.29 is 9.59 Å². The zero-order chi connectivity index (χ0) is 7.56. The molecule has 2 nitrogen and oxygen atoms in total. The number of aldehydes is 1. The number of carbonyl (C=O) groups excluding carboxylic acids is 2. The average Bonchev–Trinajstić information content (AvgIpc) is 2.68. The minimum absolute atomic E-state index is 0.145. The van der Waals surface area contributed by atoms with Crippen molar-refractivity contribution in [3.63, 3.8) is 0 Å². The molecule has 0 aliphatic heterocycles. The number of carbonyl (C=O) groups is 2. The molecule has 0 aromatic heterocycles. The van der Waals surface area contributed by atoms with Gasteiger partial charge in [0.1, 0.15) is 6.29 Å². The topological polar surface area (TPSA) is 34.1 Å². The van der Waals surface area contributed by atoms with Crippen LogP contribution in [0.15, 0.2) is 11.6 Å². The third-order valence-electron chi connectivity index (χ3n) is 1.65. The van der Waals surface area contributed by atoms with Gasteiger partial charge >= 0.3 is 0 Å². The summed E-state index contributed by atoms with van der Waals surface area (Å²) in [4.78, 5) is 21.0. The molecule has 0 saturated heterocycles. The van der Waals surface area contributed by atoms with E-state index in [1.165, 1.54) is 6.08 Å². The number of allylic oxidation sites excluding steroid dienone is 2. The monoisotopic (exact) mass is 138 g/mol. The third kappa shape index (κ3) is 1.53. The van der Waals surface area contributed by atoms with Crippen molar-refractivity contribution in [1.82, 2.24) is 0 Å². The number of hydrogen-bond donors (Lipinski definition) is 0. The molecular weight excluding hydrogens is 128 g/mol. The van der Waals surface area contributed by atoms with Crippen LogP contribution in [0.3, 0.4) is 0 Å². The van der Waals surface area contributed by atoms with Gasteiger partial charge in [-0.3, -0.25) is 9.59 Å². The average molecular weight is 138 g/mol. The second-order valence-electron chi connectivity index (χ2n) is 2.62. The molecule has 0 bridgehead atoms. The van der Waals surface area contributed by atoms with Gasteiger partial charge in [-0.05, 0) is 31.4 Å². The highest BCUT2D eigenvalue weighted by molar-refractivity contribution is 6.00. The van der Waals surface area contributed by atoms with E-state index in [1.807, 2.05) is 0 Å². The Morgan fingerprint density at radius 1 is 1.50 bits per heavy atom. The Labute approximate surface area is 59.9 Å². The molecular formula is C8H10O2. The Morgan fingerprint density at radius 2 is 2.10 bits per heavy atom. The summed E-state index contributed by atoms with van der Waals surface area (Å²) in [6, 6.07) is 0. The highest BCUT2D eigenvalue weighted by Crippen LogP contribution is 2.31. The maximum absolute atomic E-state index is 11.1. The number of Topliss-reactive ketones (excluding diaryl/α,β-unsaturated/α-hetero) is 1. The molecule has 0 N–H and O–H groups in total. The van der Waals surface area contributed by atoms with E-state index in [9.17, 15) is 9.59 Å². The fourth-order valence-electron chi connectivity index (χ4n) is 0.852. The second-order valence-corrected chi connectivity index (χ2v) is 2.62. The summed E-state index contributed by atoms with van der Waals surface area (Å²) >= 11 is 0. The van der Waals surface area contributed by atoms with Gasteiger partial charge in [0.25, 0.3) is 0 Å². The molecule has 0 unspecified atom stereocenters. The van der Waals surface area contributed by atoms with Crippen LogP contribution < -0.4 is 0 Å². The van der Waals surface area contributed by atoms with E-state index >= 15 is 0 Å². The molecule has 54 valence electrons. The predicted molar refractivity (Wildman–Crippen MR) is 37.6 cm³/mol. The Balaban J connectivity index is 2.54. The van der Waals surface area contributed by atoms with Gasteiger partial charge in [0.2, 0.25) is 0 Å². The lowest BCUT2D eigenvalue weighted by Crippen LogP contribution is -2.01. The van der Waals surface area contributed by atoms with Crippen LogP contribution in [0.4, 0.5) is 0 Å². The summed E-state index contributed by atoms with van der Waals surface area (Å²) < 4.78 is 0. The molecule has 1 fully saturated rings. The first-order valence-electron chi connectivity index (χ1n) is 3.42. The SMILES string of the molecule is C/C(=C\C=O)C(=O)C1CC1. The fourth-order valence-corrected chi connectivity index (χ4v) is 0.852. The molecule has 0 amide bonds. The smallest absolute Gasteiger partial charge is 0.161 e. The lowest BCUT2D eigenvalue weighted by molar-refractivity contribution is -0.117. The first kappa shape index (κ1) is 7.19. The van der Waals surface area contributed by atoms with Gasteiger partial charge in [-0.15, -0.1) is 0 Å². The zero-order valence-corrected chi connectivity index (χ0v) is 5.96. The molecule has 1 rings (SSSR count). The van der Waals surface area contributed by atoms with Crippen LogP contribution >= 0.6 is 0 Å². The maximum Gasteiger partial charge on any atom is 0.161 e. The molecule has 0 aromatic rings. The van der Waals surface area contributed by atoms with Crippen LogP contribution in [0.2, 0.25) is 0 Å². The number of hydrogen-bond acceptors (Lipinski definition) is 2. The van der Waals surface area contributed by atoms with E-state index in [1.54, 1.807) is 6.92 Å². The van der Waals surface area contributed by atoms with Gasteiger partial charge in [0.05, 0.1) is 0 Å². The Kier molecular flexibility index (Phi) is 2.00. The Hall–Kier alpha value is -0.920. The molecule has 10 heavy (non-hydrogen) atoms. The summed E-state index contributed by atoms with van der Waals surface area (Å²) in [7, 11) is 0. The number of rotatable bonds is 3. The molecule has 1 aliphatic carbocycles. The molecule has 1 aliphatic rings. The summed E-state index contributed by atoms with van der Waals surface area (Å²) in [5.41, 5.74) is 0.595. The zero-order valence-electron chi connectivity index (χ0n) is 5.96. The maximum atomic E-state index is 11.1. The summed E-state index contributed by atoms with van der Waals surface area (Å²) in [6.45, 7) is 1.69. The van der Waals surface area contributed by atoms with Crippen molar-refractivity contribution in [3.8, 4) is 0 Å². The van der Waals surface area contributed by atoms with Crippen LogP contribution in [0.5, 0.6) is 0 Å². The van der Waals surface area contributed by atoms with Crippen molar-refractivity contribution in [3.05, 3.63) is 11.6 Å². The lowest BCUT2D eigenvalue weighted by Gasteiger charge is -1.92. The molecule has 0 heterocycles. The van der Waals surface area contributed by atoms with Gasteiger partial charge in [-0.1, -0.05) is 0 Å². The highest BCUT2D eigenvalue weighted by atomic mass is 16.1. The summed E-state index contributed by atoms with van der Waals surface area (Å²) in [6.07, 6.45) is 4.00. The molecule has 0 radical (unpaired) electrons. The predicted octanol–water partition coefficient (Wildman–Crippen LogP) is 1.11. The Bertz CT molecular complexity index is 187. The molecule has 0 atom stereocenters. The first-order valence-corrected chi connectivity index (χ1v) is 3.42. The molecule has 0 aromatic carbocycles. The van der Waals surface area contributed by atoms with Gasteiger partial charge < -0.3 is 0 Å². The first-order chi connectivity index (χ1) is 4.75. The van der Waals surface area contributed by atoms with Gasteiger partial charge in [0, 0.05) is 5.92 Å². The third-order valence-corrected chi connectivity index (χ3v) is 1.65. The minimum Gasteiger partial charge on any atom is -0.299 e. The van der Waals surface area contributed by atoms with Crippen LogP contribution in [0.25, 0.3) is 0 Å². The molecule has 1 saturated carbocycles. The van der Waals surface area contributed by atoms with Gasteiger partial charge in [0.15, 0.2) is 5.78 Å². The van der Waals surface area contributed by atoms with Crippen molar-refractivity contribution in [1.29, 1.82) is 0 Å². The molecule has 0 spiro atoms. The van der Waals surface area contributed by atoms with E-state index in [-0.39, 0.29) is 11.7 Å². The summed E-state index contributed by atoms with van der Waals surface area (Å²) in [5.74, 6) is 0.378. The van der Waals surface area contributed by atoms with E-state index in [0.29, 0.717) is 11.9 Å². The minimum atomic E-state index is 0.145. The van der Waals surface area contributed by atoms with Crippen molar-refractivity contribution in [2.75, 3.05) is 0 Å². The van der Waals surface area contributed by atoms with Crippen molar-refractivity contribution in [2.45, 2.75) is 19.8 Å². The van der Waals surface area contributed by atoms with Gasteiger partial charge in [-0.2, -0.15) is 0 Å². The highest BCUT2D eigenvalue weighted by Gasteiger charge is 2.29. The largest absolute Gasteiger partial charge is 0.299 e. The summed E-state index contributed by atoms with van der Waals surface area (Å²) in [5, 5.41) is 0. The van der Waals surface area contributed by atoms with Gasteiger partial charge in [-0.25, -0.2) is 0 Å². The fraction of sp³-hybridized carbons (Fsp3) is 0.500. The van der Waals surface area contributed by atoms with E-state index in [0.717, 1.165) is 12.8 Å². The van der Waals surface area contributed by atoms with Crippen LogP contribution in [0.1, 0.15) is 19.8 Å². The van der Waals surface area contributed by atoms with E-state index in [2.05, 4.69) is 0 Å². The molecule has 2 heteroatoms. The van der Waals surface area contributed by atoms with E-state index in [4.69, 9.17) is 0 Å². The normalized spacial score (nSPS) is 18.7. The second kappa shape index (κ2) is 2.78. The van der Waals surface area contributed by atoms with Crippen molar-refractivity contribution in [2.24, 2.45) is 5.92 Å².